The number of nitrogen functional groups attached to an aromatic ring is 1. The zero-order valence-electron chi connectivity index (χ0n) is 14.2. The number of aromatic amines is 1. The molecule has 0 aliphatic carbocycles. The molecule has 0 unspecified atom stereocenters. The van der Waals surface area contributed by atoms with Crippen molar-refractivity contribution in [2.75, 3.05) is 5.73 Å². The van der Waals surface area contributed by atoms with E-state index >= 15 is 0 Å². The van der Waals surface area contributed by atoms with Gasteiger partial charge in [0.15, 0.2) is 0 Å². The van der Waals surface area contributed by atoms with E-state index in [1.54, 1.807) is 12.1 Å². The van der Waals surface area contributed by atoms with Crippen LogP contribution in [0.25, 0.3) is 33.5 Å². The summed E-state index contributed by atoms with van der Waals surface area (Å²) in [6, 6.07) is 3.49. The molecule has 0 amide bonds. The smallest absolute Gasteiger partial charge is 0.368 e. The fourth-order valence-electron chi connectivity index (χ4n) is 3.00. The zero-order chi connectivity index (χ0) is 19.3. The normalized spacial score (nSPS) is 12.0. The molecular weight excluding hydrogens is 377 g/mol. The summed E-state index contributed by atoms with van der Waals surface area (Å²) in [5, 5.41) is 0.515. The zero-order valence-corrected chi connectivity index (χ0v) is 15.0. The van der Waals surface area contributed by atoms with Gasteiger partial charge in [0.25, 0.3) is 0 Å². The van der Waals surface area contributed by atoms with Gasteiger partial charge in [-0.2, -0.15) is 17.5 Å². The van der Waals surface area contributed by atoms with E-state index in [4.69, 9.17) is 5.73 Å². The lowest BCUT2D eigenvalue weighted by Crippen LogP contribution is -2.10. The molecule has 0 atom stereocenters. The quantitative estimate of drug-likeness (QED) is 0.530. The number of halogens is 3. The number of aromatic nitrogens is 5. The minimum Gasteiger partial charge on any atom is -0.368 e. The van der Waals surface area contributed by atoms with Crippen molar-refractivity contribution in [3.63, 3.8) is 0 Å². The maximum atomic E-state index is 13.4. The third kappa shape index (κ3) is 2.91. The number of fused-ring (bicyclic) bond motifs is 1. The lowest BCUT2D eigenvalue weighted by molar-refractivity contribution is -0.137. The van der Waals surface area contributed by atoms with E-state index in [2.05, 4.69) is 24.3 Å². The second-order valence-corrected chi connectivity index (χ2v) is 6.96. The van der Waals surface area contributed by atoms with Gasteiger partial charge < -0.3 is 10.7 Å². The van der Waals surface area contributed by atoms with Crippen molar-refractivity contribution in [3.05, 3.63) is 40.7 Å². The fourth-order valence-corrected chi connectivity index (χ4v) is 3.71. The van der Waals surface area contributed by atoms with Crippen LogP contribution in [0.4, 0.5) is 19.1 Å². The van der Waals surface area contributed by atoms with Crippen molar-refractivity contribution in [1.82, 2.24) is 24.3 Å². The average molecular weight is 390 g/mol. The topological polar surface area (TPSA) is 93.4 Å². The number of H-pyrrole nitrogens is 1. The molecule has 0 aliphatic rings. The first-order valence-electron chi connectivity index (χ1n) is 7.87. The molecule has 0 fully saturated rings. The minimum atomic E-state index is -4.60. The first-order valence-corrected chi connectivity index (χ1v) is 8.64. The summed E-state index contributed by atoms with van der Waals surface area (Å²) in [7, 11) is 0. The lowest BCUT2D eigenvalue weighted by Gasteiger charge is -2.11. The highest BCUT2D eigenvalue weighted by Gasteiger charge is 2.36. The molecule has 0 spiro atoms. The van der Waals surface area contributed by atoms with Crippen LogP contribution in [-0.2, 0) is 6.18 Å². The van der Waals surface area contributed by atoms with Crippen LogP contribution in [0.2, 0.25) is 0 Å². The number of nitrogens with two attached hydrogens (primary N) is 1. The average Bonchev–Trinajstić information content (AvgIpc) is 3.16. The number of nitrogens with zero attached hydrogens (tertiary/aromatic N) is 4. The van der Waals surface area contributed by atoms with Crippen LogP contribution in [0.1, 0.15) is 16.1 Å². The number of nitrogens with one attached hydrogen (secondary N) is 1. The van der Waals surface area contributed by atoms with Crippen molar-refractivity contribution in [2.24, 2.45) is 0 Å². The molecule has 4 rings (SSSR count). The van der Waals surface area contributed by atoms with Gasteiger partial charge in [0.1, 0.15) is 11.2 Å². The van der Waals surface area contributed by atoms with E-state index in [0.717, 1.165) is 16.1 Å². The van der Waals surface area contributed by atoms with E-state index in [1.165, 1.54) is 17.7 Å². The Kier molecular flexibility index (Phi) is 3.88. The van der Waals surface area contributed by atoms with Crippen LogP contribution in [0.3, 0.4) is 0 Å². The van der Waals surface area contributed by atoms with Crippen molar-refractivity contribution in [2.45, 2.75) is 20.0 Å². The van der Waals surface area contributed by atoms with Crippen molar-refractivity contribution >= 4 is 28.5 Å². The van der Waals surface area contributed by atoms with Crippen LogP contribution in [0, 0.1) is 13.8 Å². The number of rotatable bonds is 2. The predicted molar refractivity (Wildman–Crippen MR) is 97.1 cm³/mol. The summed E-state index contributed by atoms with van der Waals surface area (Å²) in [5.41, 5.74) is 7.52. The van der Waals surface area contributed by atoms with Gasteiger partial charge in [-0.25, -0.2) is 15.0 Å². The molecule has 0 aliphatic heterocycles. The summed E-state index contributed by atoms with van der Waals surface area (Å²) >= 11 is 1.38. The van der Waals surface area contributed by atoms with E-state index in [9.17, 15) is 13.2 Å². The molecule has 10 heteroatoms. The molecule has 0 saturated heterocycles. The number of pyridine rings is 1. The van der Waals surface area contributed by atoms with E-state index in [-0.39, 0.29) is 17.2 Å². The second-order valence-electron chi connectivity index (χ2n) is 5.98. The maximum Gasteiger partial charge on any atom is 0.419 e. The van der Waals surface area contributed by atoms with Crippen LogP contribution in [-0.4, -0.2) is 24.3 Å². The highest BCUT2D eigenvalue weighted by molar-refractivity contribution is 7.06. The Morgan fingerprint density at radius 3 is 2.59 bits per heavy atom. The van der Waals surface area contributed by atoms with Crippen molar-refractivity contribution in [3.8, 4) is 22.5 Å². The number of hydrogen-bond acceptors (Lipinski definition) is 6. The largest absolute Gasteiger partial charge is 0.419 e. The van der Waals surface area contributed by atoms with E-state index < -0.39 is 11.7 Å². The predicted octanol–water partition coefficient (Wildman–Crippen LogP) is 4.36. The summed E-state index contributed by atoms with van der Waals surface area (Å²) in [6.45, 7) is 3.84. The fraction of sp³-hybridized carbons (Fsp3) is 0.176. The number of aryl methyl sites for hydroxylation is 2. The van der Waals surface area contributed by atoms with Crippen LogP contribution >= 0.6 is 11.5 Å². The summed E-state index contributed by atoms with van der Waals surface area (Å²) in [4.78, 5) is 15.8. The number of hydrogen-bond donors (Lipinski definition) is 2. The Bertz CT molecular complexity index is 1140. The van der Waals surface area contributed by atoms with Crippen LogP contribution in [0.15, 0.2) is 24.5 Å². The van der Waals surface area contributed by atoms with Gasteiger partial charge in [-0.1, -0.05) is 0 Å². The third-order valence-corrected chi connectivity index (χ3v) is 5.04. The summed E-state index contributed by atoms with van der Waals surface area (Å²) in [6.07, 6.45) is -2.46. The molecule has 138 valence electrons. The Hall–Kier alpha value is -3.01. The monoisotopic (exact) mass is 390 g/mol. The molecule has 4 aromatic heterocycles. The molecule has 0 saturated carbocycles. The number of alkyl halides is 3. The number of anilines is 1. The Morgan fingerprint density at radius 2 is 1.93 bits per heavy atom. The van der Waals surface area contributed by atoms with Gasteiger partial charge >= 0.3 is 6.18 Å². The van der Waals surface area contributed by atoms with E-state index in [0.29, 0.717) is 22.9 Å². The van der Waals surface area contributed by atoms with Crippen LogP contribution < -0.4 is 5.73 Å². The van der Waals surface area contributed by atoms with Crippen molar-refractivity contribution < 1.29 is 13.2 Å². The van der Waals surface area contributed by atoms with Gasteiger partial charge in [0, 0.05) is 33.8 Å². The van der Waals surface area contributed by atoms with Crippen molar-refractivity contribution in [1.29, 1.82) is 0 Å². The Morgan fingerprint density at radius 1 is 1.15 bits per heavy atom. The maximum absolute atomic E-state index is 13.4. The minimum absolute atomic E-state index is 0.229. The van der Waals surface area contributed by atoms with Crippen LogP contribution in [0.5, 0.6) is 0 Å². The lowest BCUT2D eigenvalue weighted by atomic mass is 10.1. The molecule has 4 aromatic rings. The summed E-state index contributed by atoms with van der Waals surface area (Å²) < 4.78 is 44.4. The molecule has 6 nitrogen and oxygen atoms in total. The van der Waals surface area contributed by atoms with Gasteiger partial charge in [-0.3, -0.25) is 0 Å². The molecule has 27 heavy (non-hydrogen) atoms. The molecular formula is C17H13F3N6S. The van der Waals surface area contributed by atoms with Gasteiger partial charge in [-0.05, 0) is 37.5 Å². The summed E-state index contributed by atoms with van der Waals surface area (Å²) in [5.74, 6) is -0.229. The first kappa shape index (κ1) is 17.4. The Labute approximate surface area is 155 Å². The highest BCUT2D eigenvalue weighted by Crippen LogP contribution is 2.39. The molecule has 0 radical (unpaired) electrons. The van der Waals surface area contributed by atoms with Gasteiger partial charge in [-0.15, -0.1) is 0 Å². The van der Waals surface area contributed by atoms with E-state index in [1.807, 2.05) is 13.8 Å². The first-order chi connectivity index (χ1) is 12.8. The molecule has 3 N–H and O–H groups in total. The second kappa shape index (κ2) is 6.02. The third-order valence-electron chi connectivity index (χ3n) is 4.20. The standard InChI is InChI=1S/C17H13F3N6S/c1-7-13(8(2)27-26-7)12-4-3-9-10(5-22-15(9)24-12)14-11(17(18,19)20)6-23-16(21)25-14/h3-6H,1-2H3,(H,22,24)(H2,21,23,25). The Balaban J connectivity index is 1.90. The SMILES string of the molecule is Cc1nsc(C)c1-c1ccc2c(-c3nc(N)ncc3C(F)(F)F)c[nH]c2n1. The molecule has 4 heterocycles. The highest BCUT2D eigenvalue weighted by atomic mass is 32.1. The molecule has 0 bridgehead atoms. The van der Waals surface area contributed by atoms with Gasteiger partial charge in [0.2, 0.25) is 5.95 Å². The molecule has 0 aromatic carbocycles. The van der Waals surface area contributed by atoms with Gasteiger partial charge in [0.05, 0.1) is 17.1 Å².